The molecule has 5 nitrogen and oxygen atoms in total. The zero-order valence-corrected chi connectivity index (χ0v) is 8.46. The summed E-state index contributed by atoms with van der Waals surface area (Å²) in [7, 11) is 0. The molecule has 1 fully saturated rings. The molecular weight excluding hydrogens is 208 g/mol. The summed E-state index contributed by atoms with van der Waals surface area (Å²) in [6, 6.07) is 8.63. The number of carbonyl (C=O) groups excluding carboxylic acids is 1. The van der Waals surface area contributed by atoms with Crippen LogP contribution < -0.4 is 4.90 Å². The van der Waals surface area contributed by atoms with Crippen molar-refractivity contribution in [3.63, 3.8) is 0 Å². The van der Waals surface area contributed by atoms with Gasteiger partial charge in [-0.25, -0.2) is 4.79 Å². The molecule has 1 aromatic carbocycles. The van der Waals surface area contributed by atoms with Crippen LogP contribution in [0.15, 0.2) is 24.3 Å². The van der Waals surface area contributed by atoms with Gasteiger partial charge in [-0.1, -0.05) is 0 Å². The molecule has 0 unspecified atom stereocenters. The molecule has 0 spiro atoms. The van der Waals surface area contributed by atoms with Crippen molar-refractivity contribution >= 4 is 11.8 Å². The van der Waals surface area contributed by atoms with E-state index in [1.165, 1.54) is 4.90 Å². The van der Waals surface area contributed by atoms with E-state index >= 15 is 0 Å². The Hall–Kier alpha value is -2.06. The molecule has 1 heterocycles. The van der Waals surface area contributed by atoms with Gasteiger partial charge in [0.25, 0.3) is 0 Å². The number of ether oxygens (including phenoxy) is 1. The lowest BCUT2D eigenvalue weighted by atomic mass is 10.2. The quantitative estimate of drug-likeness (QED) is 0.799. The molecule has 0 radical (unpaired) electrons. The fraction of sp³-hybridized carbons (Fsp3) is 0.273. The van der Waals surface area contributed by atoms with E-state index in [1.807, 2.05) is 6.07 Å². The fourth-order valence-electron chi connectivity index (χ4n) is 1.54. The molecule has 0 aliphatic carbocycles. The highest BCUT2D eigenvalue weighted by molar-refractivity contribution is 5.89. The molecule has 0 aromatic heterocycles. The topological polar surface area (TPSA) is 73.6 Å². The monoisotopic (exact) mass is 218 g/mol. The summed E-state index contributed by atoms with van der Waals surface area (Å²) in [6.07, 6.45) is -0.938. The van der Waals surface area contributed by atoms with Crippen molar-refractivity contribution in [1.82, 2.24) is 0 Å². The van der Waals surface area contributed by atoms with E-state index in [1.54, 1.807) is 24.3 Å². The van der Waals surface area contributed by atoms with Gasteiger partial charge in [0.2, 0.25) is 0 Å². The molecular formula is C11H10N2O3. The lowest BCUT2D eigenvalue weighted by Crippen LogP contribution is -2.25. The Bertz CT molecular complexity index is 436. The SMILES string of the molecule is N#Cc1ccc(N2C[C@@H](CO)OC2=O)cc1. The molecule has 82 valence electrons. The average Bonchev–Trinajstić information content (AvgIpc) is 2.71. The minimum atomic E-state index is -0.469. The Labute approximate surface area is 92.5 Å². The zero-order valence-electron chi connectivity index (χ0n) is 8.46. The first kappa shape index (κ1) is 10.5. The molecule has 1 aliphatic rings. The highest BCUT2D eigenvalue weighted by atomic mass is 16.6. The van der Waals surface area contributed by atoms with Crippen LogP contribution in [0.3, 0.4) is 0 Å². The number of aliphatic hydroxyl groups excluding tert-OH is 1. The number of nitrogens with zero attached hydrogens (tertiary/aromatic N) is 2. The van der Waals surface area contributed by atoms with Crippen molar-refractivity contribution in [3.8, 4) is 6.07 Å². The van der Waals surface area contributed by atoms with E-state index in [0.717, 1.165) is 0 Å². The maximum absolute atomic E-state index is 11.4. The zero-order chi connectivity index (χ0) is 11.5. The predicted octanol–water partition coefficient (Wildman–Crippen LogP) is 0.876. The predicted molar refractivity (Wildman–Crippen MR) is 55.9 cm³/mol. The van der Waals surface area contributed by atoms with Crippen LogP contribution in [0.2, 0.25) is 0 Å². The van der Waals surface area contributed by atoms with Crippen LogP contribution in [0, 0.1) is 11.3 Å². The second kappa shape index (κ2) is 4.21. The van der Waals surface area contributed by atoms with Crippen molar-refractivity contribution in [2.45, 2.75) is 6.10 Å². The highest BCUT2D eigenvalue weighted by Crippen LogP contribution is 2.21. The Balaban J connectivity index is 2.19. The van der Waals surface area contributed by atoms with Gasteiger partial charge >= 0.3 is 6.09 Å². The van der Waals surface area contributed by atoms with Gasteiger partial charge in [-0.15, -0.1) is 0 Å². The van der Waals surface area contributed by atoms with Gasteiger partial charge in [0, 0.05) is 5.69 Å². The summed E-state index contributed by atoms with van der Waals surface area (Å²) >= 11 is 0. The van der Waals surface area contributed by atoms with Gasteiger partial charge in [-0.2, -0.15) is 5.26 Å². The summed E-state index contributed by atoms with van der Waals surface area (Å²) < 4.78 is 4.91. The highest BCUT2D eigenvalue weighted by Gasteiger charge is 2.31. The maximum atomic E-state index is 11.4. The lowest BCUT2D eigenvalue weighted by Gasteiger charge is -2.12. The molecule has 1 saturated heterocycles. The Morgan fingerprint density at radius 2 is 2.19 bits per heavy atom. The first-order chi connectivity index (χ1) is 7.74. The van der Waals surface area contributed by atoms with Gasteiger partial charge in [0.05, 0.1) is 24.8 Å². The molecule has 5 heteroatoms. The molecule has 0 bridgehead atoms. The van der Waals surface area contributed by atoms with E-state index in [2.05, 4.69) is 0 Å². The summed E-state index contributed by atoms with van der Waals surface area (Å²) in [5.41, 5.74) is 1.20. The minimum absolute atomic E-state index is 0.182. The third-order valence-electron chi connectivity index (χ3n) is 2.39. The number of amides is 1. The van der Waals surface area contributed by atoms with E-state index < -0.39 is 12.2 Å². The van der Waals surface area contributed by atoms with E-state index in [9.17, 15) is 4.79 Å². The van der Waals surface area contributed by atoms with Crippen LogP contribution in [-0.2, 0) is 4.74 Å². The second-order valence-electron chi connectivity index (χ2n) is 3.46. The molecule has 2 rings (SSSR count). The minimum Gasteiger partial charge on any atom is -0.441 e. The lowest BCUT2D eigenvalue weighted by molar-refractivity contribution is 0.0963. The van der Waals surface area contributed by atoms with Gasteiger partial charge in [0.1, 0.15) is 6.10 Å². The number of rotatable bonds is 2. The number of benzene rings is 1. The Morgan fingerprint density at radius 1 is 1.50 bits per heavy atom. The number of cyclic esters (lactones) is 1. The van der Waals surface area contributed by atoms with E-state index in [0.29, 0.717) is 17.8 Å². The Morgan fingerprint density at radius 3 is 2.69 bits per heavy atom. The normalized spacial score (nSPS) is 19.4. The molecule has 1 aliphatic heterocycles. The maximum Gasteiger partial charge on any atom is 0.414 e. The number of nitriles is 1. The first-order valence-corrected chi connectivity index (χ1v) is 4.84. The smallest absolute Gasteiger partial charge is 0.414 e. The van der Waals surface area contributed by atoms with Gasteiger partial charge in [-0.3, -0.25) is 4.90 Å². The van der Waals surface area contributed by atoms with Crippen molar-refractivity contribution < 1.29 is 14.6 Å². The summed E-state index contributed by atoms with van der Waals surface area (Å²) in [4.78, 5) is 12.9. The van der Waals surface area contributed by atoms with Crippen LogP contribution in [0.25, 0.3) is 0 Å². The van der Waals surface area contributed by atoms with Crippen molar-refractivity contribution in [2.75, 3.05) is 18.1 Å². The van der Waals surface area contributed by atoms with Gasteiger partial charge in [-0.05, 0) is 24.3 Å². The number of aliphatic hydroxyl groups is 1. The van der Waals surface area contributed by atoms with Crippen LogP contribution in [0.5, 0.6) is 0 Å². The second-order valence-corrected chi connectivity index (χ2v) is 3.46. The molecule has 1 N–H and O–H groups in total. The van der Waals surface area contributed by atoms with Crippen LogP contribution in [0.4, 0.5) is 10.5 Å². The third kappa shape index (κ3) is 1.83. The van der Waals surface area contributed by atoms with Crippen molar-refractivity contribution in [1.29, 1.82) is 5.26 Å². The van der Waals surface area contributed by atoms with Gasteiger partial charge < -0.3 is 9.84 Å². The third-order valence-corrected chi connectivity index (χ3v) is 2.39. The molecule has 0 saturated carbocycles. The standard InChI is InChI=1S/C11H10N2O3/c12-5-8-1-3-9(4-2-8)13-6-10(7-14)16-11(13)15/h1-4,10,14H,6-7H2/t10-/m0/s1. The number of hydrogen-bond acceptors (Lipinski definition) is 4. The largest absolute Gasteiger partial charge is 0.441 e. The van der Waals surface area contributed by atoms with E-state index in [4.69, 9.17) is 15.1 Å². The Kier molecular flexibility index (Phi) is 2.75. The number of anilines is 1. The number of carbonyl (C=O) groups is 1. The summed E-state index contributed by atoms with van der Waals surface area (Å²) in [5.74, 6) is 0. The fourth-order valence-corrected chi connectivity index (χ4v) is 1.54. The number of hydrogen-bond donors (Lipinski definition) is 1. The molecule has 1 aromatic rings. The van der Waals surface area contributed by atoms with Crippen LogP contribution >= 0.6 is 0 Å². The van der Waals surface area contributed by atoms with Crippen molar-refractivity contribution in [2.24, 2.45) is 0 Å². The summed E-state index contributed by atoms with van der Waals surface area (Å²) in [5, 5.41) is 17.5. The molecule has 1 atom stereocenters. The first-order valence-electron chi connectivity index (χ1n) is 4.84. The van der Waals surface area contributed by atoms with Crippen LogP contribution in [0.1, 0.15) is 5.56 Å². The molecule has 1 amide bonds. The van der Waals surface area contributed by atoms with Crippen molar-refractivity contribution in [3.05, 3.63) is 29.8 Å². The summed E-state index contributed by atoms with van der Waals surface area (Å²) in [6.45, 7) is 0.153. The van der Waals surface area contributed by atoms with Gasteiger partial charge in [0.15, 0.2) is 0 Å². The average molecular weight is 218 g/mol. The van der Waals surface area contributed by atoms with Crippen LogP contribution in [-0.4, -0.2) is 30.5 Å². The molecule has 16 heavy (non-hydrogen) atoms. The van der Waals surface area contributed by atoms with E-state index in [-0.39, 0.29) is 6.61 Å².